The molecule has 1 nitrogen and oxygen atoms in total. The van der Waals surface area contributed by atoms with Crippen molar-refractivity contribution in [2.24, 2.45) is 0 Å². The van der Waals surface area contributed by atoms with Gasteiger partial charge in [0, 0.05) is 22.2 Å². The molecule has 0 bridgehead atoms. The van der Waals surface area contributed by atoms with E-state index < -0.39 is 0 Å². The van der Waals surface area contributed by atoms with Crippen LogP contribution in [0.5, 0.6) is 0 Å². The number of hydrogen-bond donors (Lipinski definition) is 1. The summed E-state index contributed by atoms with van der Waals surface area (Å²) in [6.45, 7) is 0. The predicted octanol–water partition coefficient (Wildman–Crippen LogP) is 5.01. The van der Waals surface area contributed by atoms with Crippen molar-refractivity contribution in [1.29, 1.82) is 0 Å². The van der Waals surface area contributed by atoms with Crippen LogP contribution in [0.2, 0.25) is 0 Å². The molecule has 100 valence electrons. The molecule has 0 unspecified atom stereocenters. The second-order valence-electron chi connectivity index (χ2n) is 4.00. The van der Waals surface area contributed by atoms with E-state index >= 15 is 0 Å². The van der Waals surface area contributed by atoms with Crippen LogP contribution < -0.4 is 5.32 Å². The van der Waals surface area contributed by atoms with Gasteiger partial charge in [-0.1, -0.05) is 60.3 Å². The average Bonchev–Trinajstić information content (AvgIpc) is 2.83. The van der Waals surface area contributed by atoms with Crippen LogP contribution in [-0.4, -0.2) is 0 Å². The van der Waals surface area contributed by atoms with E-state index in [1.54, 1.807) is 11.8 Å². The van der Waals surface area contributed by atoms with Crippen LogP contribution in [0, 0.1) is 0 Å². The molecule has 0 aromatic heterocycles. The molecule has 2 heteroatoms. The average molecular weight is 279 g/mol. The molecule has 1 aliphatic rings. The van der Waals surface area contributed by atoms with Crippen molar-refractivity contribution < 1.29 is 0 Å². The van der Waals surface area contributed by atoms with E-state index in [2.05, 4.69) is 53.8 Å². The van der Waals surface area contributed by atoms with Gasteiger partial charge in [0.2, 0.25) is 0 Å². The molecule has 0 fully saturated rings. The zero-order valence-electron chi connectivity index (χ0n) is 11.1. The Morgan fingerprint density at radius 1 is 0.550 bits per heavy atom. The zero-order valence-corrected chi connectivity index (χ0v) is 12.0. The van der Waals surface area contributed by atoms with Gasteiger partial charge in [0.25, 0.3) is 0 Å². The van der Waals surface area contributed by atoms with Gasteiger partial charge >= 0.3 is 0 Å². The molecule has 0 spiro atoms. The van der Waals surface area contributed by atoms with Gasteiger partial charge in [-0.3, -0.25) is 0 Å². The lowest BCUT2D eigenvalue weighted by atomic mass is 10.4. The van der Waals surface area contributed by atoms with Gasteiger partial charge in [0.15, 0.2) is 0 Å². The minimum absolute atomic E-state index is 1.29. The maximum Gasteiger partial charge on any atom is 0.0122 e. The first-order valence-corrected chi connectivity index (χ1v) is 7.29. The number of rotatable bonds is 2. The second kappa shape index (κ2) is 8.83. The third kappa shape index (κ3) is 5.63. The maximum atomic E-state index is 2.92. The van der Waals surface area contributed by atoms with Gasteiger partial charge in [0.05, 0.1) is 0 Å². The standard InChI is InChI=1S/C12H10S.C6H7N/c1-3-7-11(8-4-1)13-12-9-5-2-6-10-12;1-2-4-6-7-5-3-1/h1-10H;1-7H. The number of nitrogens with one attached hydrogen (secondary N) is 1. The lowest BCUT2D eigenvalue weighted by Gasteiger charge is -1.99. The van der Waals surface area contributed by atoms with E-state index in [9.17, 15) is 0 Å². The Labute approximate surface area is 124 Å². The van der Waals surface area contributed by atoms with Crippen molar-refractivity contribution in [3.63, 3.8) is 0 Å². The highest BCUT2D eigenvalue weighted by molar-refractivity contribution is 7.99. The summed E-state index contributed by atoms with van der Waals surface area (Å²) in [5, 5.41) is 2.92. The van der Waals surface area contributed by atoms with E-state index in [1.165, 1.54) is 9.79 Å². The minimum atomic E-state index is 1.29. The second-order valence-corrected chi connectivity index (χ2v) is 5.14. The molecule has 3 rings (SSSR count). The summed E-state index contributed by atoms with van der Waals surface area (Å²) in [5.74, 6) is 0. The third-order valence-corrected chi connectivity index (χ3v) is 3.46. The molecular weight excluding hydrogens is 262 g/mol. The van der Waals surface area contributed by atoms with Crippen LogP contribution in [0.3, 0.4) is 0 Å². The van der Waals surface area contributed by atoms with Crippen molar-refractivity contribution in [2.45, 2.75) is 9.79 Å². The van der Waals surface area contributed by atoms with Gasteiger partial charge in [-0.05, 0) is 36.4 Å². The molecule has 1 N–H and O–H groups in total. The van der Waals surface area contributed by atoms with E-state index in [1.807, 2.05) is 48.8 Å². The van der Waals surface area contributed by atoms with Crippen molar-refractivity contribution in [2.75, 3.05) is 0 Å². The molecule has 2 aromatic rings. The van der Waals surface area contributed by atoms with E-state index in [4.69, 9.17) is 0 Å². The first kappa shape index (κ1) is 14.2. The zero-order chi connectivity index (χ0) is 13.9. The largest absolute Gasteiger partial charge is 0.368 e. The Bertz CT molecular complexity index is 519. The number of allylic oxidation sites excluding steroid dienone is 4. The highest BCUT2D eigenvalue weighted by Gasteiger charge is 1.93. The summed E-state index contributed by atoms with van der Waals surface area (Å²) in [6.07, 6.45) is 11.6. The lowest BCUT2D eigenvalue weighted by molar-refractivity contribution is 1.20. The highest BCUT2D eigenvalue weighted by atomic mass is 32.2. The maximum absolute atomic E-state index is 2.92. The summed E-state index contributed by atoms with van der Waals surface area (Å²) in [5.41, 5.74) is 0. The van der Waals surface area contributed by atoms with Gasteiger partial charge in [0.1, 0.15) is 0 Å². The normalized spacial score (nSPS) is 12.0. The smallest absolute Gasteiger partial charge is 0.0122 e. The van der Waals surface area contributed by atoms with Gasteiger partial charge in [-0.2, -0.15) is 0 Å². The van der Waals surface area contributed by atoms with Crippen molar-refractivity contribution in [1.82, 2.24) is 5.32 Å². The molecule has 0 saturated carbocycles. The summed E-state index contributed by atoms with van der Waals surface area (Å²) < 4.78 is 0. The summed E-state index contributed by atoms with van der Waals surface area (Å²) in [4.78, 5) is 2.57. The molecule has 1 aliphatic heterocycles. The Morgan fingerprint density at radius 2 is 1.00 bits per heavy atom. The summed E-state index contributed by atoms with van der Waals surface area (Å²) in [6, 6.07) is 20.8. The third-order valence-electron chi connectivity index (χ3n) is 2.44. The SMILES string of the molecule is C1=CC=CNC=C1.c1ccc(Sc2ccccc2)cc1. The summed E-state index contributed by atoms with van der Waals surface area (Å²) >= 11 is 1.79. The molecule has 0 atom stereocenters. The van der Waals surface area contributed by atoms with Crippen molar-refractivity contribution >= 4 is 11.8 Å². The monoisotopic (exact) mass is 279 g/mol. The fourth-order valence-corrected chi connectivity index (χ4v) is 2.38. The van der Waals surface area contributed by atoms with Gasteiger partial charge in [-0.15, -0.1) is 0 Å². The first-order valence-electron chi connectivity index (χ1n) is 6.47. The Morgan fingerprint density at radius 3 is 1.45 bits per heavy atom. The van der Waals surface area contributed by atoms with Crippen LogP contribution >= 0.6 is 11.8 Å². The first-order chi connectivity index (χ1) is 9.95. The Kier molecular flexibility index (Phi) is 6.28. The molecule has 2 aromatic carbocycles. The Hall–Kier alpha value is -2.19. The quantitative estimate of drug-likeness (QED) is 0.829. The fraction of sp³-hybridized carbons (Fsp3) is 0. The molecule has 0 saturated heterocycles. The van der Waals surface area contributed by atoms with Crippen LogP contribution in [0.25, 0.3) is 0 Å². The van der Waals surface area contributed by atoms with E-state index in [0.717, 1.165) is 0 Å². The summed E-state index contributed by atoms with van der Waals surface area (Å²) in [7, 11) is 0. The van der Waals surface area contributed by atoms with Crippen molar-refractivity contribution in [3.8, 4) is 0 Å². The van der Waals surface area contributed by atoms with Crippen LogP contribution in [-0.2, 0) is 0 Å². The van der Waals surface area contributed by atoms with E-state index in [-0.39, 0.29) is 0 Å². The number of hydrogen-bond acceptors (Lipinski definition) is 2. The predicted molar refractivity (Wildman–Crippen MR) is 87.6 cm³/mol. The highest BCUT2D eigenvalue weighted by Crippen LogP contribution is 2.26. The van der Waals surface area contributed by atoms with Crippen LogP contribution in [0.4, 0.5) is 0 Å². The van der Waals surface area contributed by atoms with E-state index in [0.29, 0.717) is 0 Å². The Balaban J connectivity index is 0.000000178. The lowest BCUT2D eigenvalue weighted by Crippen LogP contribution is -1.87. The molecule has 1 heterocycles. The number of benzene rings is 2. The molecule has 20 heavy (non-hydrogen) atoms. The van der Waals surface area contributed by atoms with Crippen molar-refractivity contribution in [3.05, 3.63) is 97.4 Å². The molecular formula is C18H17NS. The van der Waals surface area contributed by atoms with Gasteiger partial charge in [-0.25, -0.2) is 0 Å². The molecule has 0 radical (unpaired) electrons. The molecule has 0 aliphatic carbocycles. The minimum Gasteiger partial charge on any atom is -0.368 e. The molecule has 0 amide bonds. The fourth-order valence-electron chi connectivity index (χ4n) is 1.52. The van der Waals surface area contributed by atoms with Crippen LogP contribution in [0.1, 0.15) is 0 Å². The van der Waals surface area contributed by atoms with Gasteiger partial charge < -0.3 is 5.32 Å². The topological polar surface area (TPSA) is 12.0 Å². The van der Waals surface area contributed by atoms with Crippen LogP contribution in [0.15, 0.2) is 107 Å².